The van der Waals surface area contributed by atoms with Crippen LogP contribution in [0.4, 0.5) is 5.69 Å². The molecule has 30 heavy (non-hydrogen) atoms. The van der Waals surface area contributed by atoms with Crippen LogP contribution >= 0.6 is 11.3 Å². The predicted octanol–water partition coefficient (Wildman–Crippen LogP) is 5.87. The number of nitrogens with zero attached hydrogens (tertiary/aromatic N) is 2. The number of benzene rings is 2. The van der Waals surface area contributed by atoms with Gasteiger partial charge in [0.15, 0.2) is 0 Å². The summed E-state index contributed by atoms with van der Waals surface area (Å²) in [5.74, 6) is 0.127. The average molecular weight is 420 g/mol. The molecule has 1 N–H and O–H groups in total. The number of para-hydroxylation sites is 1. The molecule has 0 aliphatic heterocycles. The van der Waals surface area contributed by atoms with E-state index in [4.69, 9.17) is 9.52 Å². The molecule has 0 unspecified atom stereocenters. The smallest absolute Gasteiger partial charge is 0.303 e. The summed E-state index contributed by atoms with van der Waals surface area (Å²) in [6.07, 6.45) is 2.06. The number of thiazole rings is 1. The zero-order valence-corrected chi connectivity index (χ0v) is 16.5. The van der Waals surface area contributed by atoms with Crippen molar-refractivity contribution in [3.63, 3.8) is 0 Å². The molecule has 2 aromatic carbocycles. The number of non-ortho nitro benzene ring substituents is 1. The number of rotatable bonds is 7. The monoisotopic (exact) mass is 420 g/mol. The van der Waals surface area contributed by atoms with Crippen LogP contribution in [0.3, 0.4) is 0 Å². The number of furan rings is 1. The van der Waals surface area contributed by atoms with Crippen LogP contribution in [0.25, 0.3) is 33.2 Å². The van der Waals surface area contributed by atoms with E-state index < -0.39 is 10.9 Å². The van der Waals surface area contributed by atoms with E-state index in [0.29, 0.717) is 23.5 Å². The lowest BCUT2D eigenvalue weighted by Gasteiger charge is -2.02. The highest BCUT2D eigenvalue weighted by Gasteiger charge is 2.13. The second-order valence-corrected chi connectivity index (χ2v) is 7.59. The molecule has 0 bridgehead atoms. The van der Waals surface area contributed by atoms with Crippen LogP contribution in [0.15, 0.2) is 65.1 Å². The van der Waals surface area contributed by atoms with Gasteiger partial charge in [-0.2, -0.15) is 0 Å². The summed E-state index contributed by atoms with van der Waals surface area (Å²) in [6.45, 7) is 0. The van der Waals surface area contributed by atoms with Crippen LogP contribution < -0.4 is 0 Å². The highest BCUT2D eigenvalue weighted by molar-refractivity contribution is 7.19. The minimum absolute atomic E-state index is 0.0161. The molecule has 7 nitrogen and oxygen atoms in total. The van der Waals surface area contributed by atoms with Gasteiger partial charge < -0.3 is 9.52 Å². The number of carboxylic acids is 1. The number of carboxylic acid groups (broad SMARTS) is 1. The van der Waals surface area contributed by atoms with Crippen LogP contribution in [0.2, 0.25) is 0 Å². The Hall–Kier alpha value is -3.78. The normalized spacial score (nSPS) is 11.7. The van der Waals surface area contributed by atoms with E-state index >= 15 is 0 Å². The number of allylic oxidation sites excluding steroid dienone is 1. The van der Waals surface area contributed by atoms with Crippen molar-refractivity contribution >= 4 is 44.9 Å². The molecule has 2 heterocycles. The van der Waals surface area contributed by atoms with Gasteiger partial charge in [0.05, 0.1) is 15.1 Å². The lowest BCUT2D eigenvalue weighted by molar-refractivity contribution is -0.384. The van der Waals surface area contributed by atoms with Gasteiger partial charge in [0, 0.05) is 24.1 Å². The van der Waals surface area contributed by atoms with Crippen molar-refractivity contribution < 1.29 is 19.2 Å². The predicted molar refractivity (Wildman–Crippen MR) is 115 cm³/mol. The van der Waals surface area contributed by atoms with Gasteiger partial charge in [-0.1, -0.05) is 24.3 Å². The Morgan fingerprint density at radius 2 is 1.97 bits per heavy atom. The number of hydrogen-bond acceptors (Lipinski definition) is 6. The van der Waals surface area contributed by atoms with Crippen LogP contribution in [-0.2, 0) is 4.79 Å². The highest BCUT2D eigenvalue weighted by atomic mass is 32.1. The molecule has 8 heteroatoms. The molecule has 2 aromatic heterocycles. The number of hydrogen-bond donors (Lipinski definition) is 1. The van der Waals surface area contributed by atoms with E-state index in [-0.39, 0.29) is 12.1 Å². The van der Waals surface area contributed by atoms with Gasteiger partial charge in [-0.05, 0) is 42.3 Å². The number of aliphatic carboxylic acids is 1. The van der Waals surface area contributed by atoms with Crippen LogP contribution in [0, 0.1) is 10.1 Å². The molecule has 0 radical (unpaired) electrons. The number of fused-ring (bicyclic) bond motifs is 1. The third-order valence-corrected chi connectivity index (χ3v) is 5.57. The van der Waals surface area contributed by atoms with Crippen LogP contribution in [0.1, 0.15) is 23.6 Å². The first-order valence-corrected chi connectivity index (χ1v) is 9.94. The standard InChI is InChI=1S/C22H16N2O5S/c25-21(26)11-8-15(22-23-18-6-1-2-7-20(18)30-22)13-17-9-10-19(29-17)14-4-3-5-16(12-14)24(27)28/h1-7,9-10,12-13H,8,11H2,(H,25,26)/b15-13+. The van der Waals surface area contributed by atoms with Crippen molar-refractivity contribution in [3.8, 4) is 11.3 Å². The zero-order valence-electron chi connectivity index (χ0n) is 15.6. The summed E-state index contributed by atoms with van der Waals surface area (Å²) in [7, 11) is 0. The van der Waals surface area contributed by atoms with Crippen molar-refractivity contribution in [2.24, 2.45) is 0 Å². The summed E-state index contributed by atoms with van der Waals surface area (Å²) in [5, 5.41) is 20.9. The third kappa shape index (κ3) is 4.28. The van der Waals surface area contributed by atoms with Crippen molar-refractivity contribution in [1.82, 2.24) is 4.98 Å². The topological polar surface area (TPSA) is 106 Å². The van der Waals surface area contributed by atoms with Gasteiger partial charge in [-0.25, -0.2) is 4.98 Å². The summed E-state index contributed by atoms with van der Waals surface area (Å²) >= 11 is 1.50. The van der Waals surface area contributed by atoms with Gasteiger partial charge in [-0.15, -0.1) is 11.3 Å². The Morgan fingerprint density at radius 1 is 1.13 bits per heavy atom. The van der Waals surface area contributed by atoms with E-state index in [2.05, 4.69) is 4.98 Å². The average Bonchev–Trinajstić information content (AvgIpc) is 3.38. The van der Waals surface area contributed by atoms with E-state index in [9.17, 15) is 14.9 Å². The van der Waals surface area contributed by atoms with Crippen molar-refractivity contribution in [2.75, 3.05) is 0 Å². The van der Waals surface area contributed by atoms with Crippen molar-refractivity contribution in [1.29, 1.82) is 0 Å². The van der Waals surface area contributed by atoms with E-state index in [0.717, 1.165) is 20.8 Å². The molecule has 0 aliphatic carbocycles. The molecule has 0 amide bonds. The number of nitro benzene ring substituents is 1. The van der Waals surface area contributed by atoms with E-state index in [1.807, 2.05) is 24.3 Å². The first kappa shape index (κ1) is 19.5. The fourth-order valence-corrected chi connectivity index (χ4v) is 4.03. The minimum atomic E-state index is -0.890. The van der Waals surface area contributed by atoms with Crippen molar-refractivity contribution in [2.45, 2.75) is 12.8 Å². The molecular weight excluding hydrogens is 404 g/mol. The first-order chi connectivity index (χ1) is 14.5. The number of aromatic nitrogens is 1. The molecule has 4 rings (SSSR count). The maximum atomic E-state index is 11.1. The molecule has 0 atom stereocenters. The highest BCUT2D eigenvalue weighted by Crippen LogP contribution is 2.32. The SMILES string of the molecule is O=C(O)CC/C(=C\c1ccc(-c2cccc([N+](=O)[O-])c2)o1)c1nc2ccccc2s1. The van der Waals surface area contributed by atoms with Crippen LogP contribution in [0.5, 0.6) is 0 Å². The first-order valence-electron chi connectivity index (χ1n) is 9.12. The molecule has 0 saturated heterocycles. The summed E-state index contributed by atoms with van der Waals surface area (Å²) in [5.41, 5.74) is 2.20. The molecule has 150 valence electrons. The number of nitro groups is 1. The fraction of sp³-hybridized carbons (Fsp3) is 0.0909. The minimum Gasteiger partial charge on any atom is -0.481 e. The van der Waals surface area contributed by atoms with Gasteiger partial charge in [0.2, 0.25) is 0 Å². The van der Waals surface area contributed by atoms with Crippen molar-refractivity contribution in [3.05, 3.63) is 81.5 Å². The largest absolute Gasteiger partial charge is 0.481 e. The zero-order chi connectivity index (χ0) is 21.1. The Bertz CT molecular complexity index is 1240. The summed E-state index contributed by atoms with van der Waals surface area (Å²) in [6, 6.07) is 17.4. The Labute approximate surface area is 175 Å². The maximum Gasteiger partial charge on any atom is 0.303 e. The third-order valence-electron chi connectivity index (χ3n) is 4.46. The lowest BCUT2D eigenvalue weighted by atomic mass is 10.1. The summed E-state index contributed by atoms with van der Waals surface area (Å²) < 4.78 is 6.89. The number of carbonyl (C=O) groups is 1. The fourth-order valence-electron chi connectivity index (χ4n) is 3.02. The molecule has 4 aromatic rings. The van der Waals surface area contributed by atoms with E-state index in [1.54, 1.807) is 30.3 Å². The maximum absolute atomic E-state index is 11.1. The van der Waals surface area contributed by atoms with Gasteiger partial charge >= 0.3 is 5.97 Å². The Kier molecular flexibility index (Phi) is 5.40. The second kappa shape index (κ2) is 8.30. The van der Waals surface area contributed by atoms with Gasteiger partial charge in [-0.3, -0.25) is 14.9 Å². The molecule has 0 spiro atoms. The summed E-state index contributed by atoms with van der Waals surface area (Å²) in [4.78, 5) is 26.3. The van der Waals surface area contributed by atoms with Gasteiger partial charge in [0.1, 0.15) is 16.5 Å². The second-order valence-electron chi connectivity index (χ2n) is 6.56. The molecule has 0 fully saturated rings. The Balaban J connectivity index is 1.69. The van der Waals surface area contributed by atoms with E-state index in [1.165, 1.54) is 23.5 Å². The molecule has 0 saturated carbocycles. The Morgan fingerprint density at radius 3 is 2.73 bits per heavy atom. The van der Waals surface area contributed by atoms with Crippen LogP contribution in [-0.4, -0.2) is 21.0 Å². The quantitative estimate of drug-likeness (QED) is 0.296. The molecule has 0 aliphatic rings. The lowest BCUT2D eigenvalue weighted by Crippen LogP contribution is -1.95. The molecular formula is C22H16N2O5S. The van der Waals surface area contributed by atoms with Gasteiger partial charge in [0.25, 0.3) is 5.69 Å².